The third kappa shape index (κ3) is 5.39. The minimum absolute atomic E-state index is 0.164. The number of rotatable bonds is 8. The monoisotopic (exact) mass is 368 g/mol. The van der Waals surface area contributed by atoms with Crippen LogP contribution >= 0.6 is 6.72 Å². The van der Waals surface area contributed by atoms with Crippen molar-refractivity contribution in [2.75, 3.05) is 17.5 Å². The van der Waals surface area contributed by atoms with Crippen molar-refractivity contribution >= 4 is 29.9 Å². The van der Waals surface area contributed by atoms with Crippen LogP contribution in [0.1, 0.15) is 19.4 Å². The SMILES string of the molecule is CCOP(O)(=S)Oc1ccc(NNc2cc(CC)ccc2O)cc1. The summed E-state index contributed by atoms with van der Waals surface area (Å²) in [5.74, 6) is 0.591. The highest BCUT2D eigenvalue weighted by molar-refractivity contribution is 8.07. The predicted molar refractivity (Wildman–Crippen MR) is 99.9 cm³/mol. The van der Waals surface area contributed by atoms with Gasteiger partial charge in [0.15, 0.2) is 0 Å². The Morgan fingerprint density at radius 2 is 1.79 bits per heavy atom. The average molecular weight is 368 g/mol. The van der Waals surface area contributed by atoms with Crippen molar-refractivity contribution in [1.29, 1.82) is 0 Å². The summed E-state index contributed by atoms with van der Waals surface area (Å²) in [6.07, 6.45) is 0.883. The summed E-state index contributed by atoms with van der Waals surface area (Å²) in [6, 6.07) is 12.3. The molecular formula is C16H21N2O4PS. The van der Waals surface area contributed by atoms with Gasteiger partial charge in [-0.05, 0) is 55.3 Å². The first-order valence-corrected chi connectivity index (χ1v) is 10.1. The molecule has 0 aliphatic rings. The van der Waals surface area contributed by atoms with Gasteiger partial charge in [0.25, 0.3) is 0 Å². The highest BCUT2D eigenvalue weighted by atomic mass is 32.5. The third-order valence-corrected chi connectivity index (χ3v) is 4.74. The van der Waals surface area contributed by atoms with Gasteiger partial charge < -0.3 is 19.9 Å². The van der Waals surface area contributed by atoms with Gasteiger partial charge in [-0.25, -0.2) is 0 Å². The van der Waals surface area contributed by atoms with Crippen molar-refractivity contribution in [3.63, 3.8) is 0 Å². The predicted octanol–water partition coefficient (Wildman–Crippen LogP) is 4.03. The van der Waals surface area contributed by atoms with E-state index in [1.54, 1.807) is 37.3 Å². The zero-order chi connectivity index (χ0) is 17.6. The number of anilines is 2. The van der Waals surface area contributed by atoms with Gasteiger partial charge in [0.2, 0.25) is 0 Å². The molecular weight excluding hydrogens is 347 g/mol. The van der Waals surface area contributed by atoms with Crippen LogP contribution < -0.4 is 15.4 Å². The maximum atomic E-state index is 9.86. The summed E-state index contributed by atoms with van der Waals surface area (Å²) in [6.45, 7) is 0.833. The van der Waals surface area contributed by atoms with Crippen molar-refractivity contribution in [2.24, 2.45) is 0 Å². The van der Waals surface area contributed by atoms with Crippen molar-refractivity contribution in [1.82, 2.24) is 0 Å². The van der Waals surface area contributed by atoms with E-state index < -0.39 is 6.72 Å². The van der Waals surface area contributed by atoms with Crippen LogP contribution in [0.25, 0.3) is 0 Å². The lowest BCUT2D eigenvalue weighted by atomic mass is 10.1. The molecule has 0 fully saturated rings. The molecule has 0 bridgehead atoms. The van der Waals surface area contributed by atoms with Crippen LogP contribution in [-0.4, -0.2) is 16.6 Å². The first kappa shape index (κ1) is 18.5. The van der Waals surface area contributed by atoms with Gasteiger partial charge in [-0.1, -0.05) is 13.0 Å². The number of benzene rings is 2. The molecule has 1 atom stereocenters. The van der Waals surface area contributed by atoms with E-state index in [2.05, 4.69) is 10.9 Å². The molecule has 2 aromatic rings. The second kappa shape index (κ2) is 8.35. The summed E-state index contributed by atoms with van der Waals surface area (Å²) >= 11 is 4.88. The fourth-order valence-corrected chi connectivity index (χ4v) is 3.31. The minimum Gasteiger partial charge on any atom is -0.506 e. The van der Waals surface area contributed by atoms with E-state index in [0.29, 0.717) is 11.4 Å². The Kier molecular flexibility index (Phi) is 6.45. The van der Waals surface area contributed by atoms with Crippen LogP contribution in [0.5, 0.6) is 11.5 Å². The Morgan fingerprint density at radius 3 is 2.42 bits per heavy atom. The number of aromatic hydroxyl groups is 1. The molecule has 0 saturated carbocycles. The molecule has 0 aliphatic carbocycles. The van der Waals surface area contributed by atoms with E-state index in [4.69, 9.17) is 20.9 Å². The highest BCUT2D eigenvalue weighted by Gasteiger charge is 2.15. The van der Waals surface area contributed by atoms with Crippen LogP contribution in [0.15, 0.2) is 42.5 Å². The van der Waals surface area contributed by atoms with Crippen LogP contribution in [0, 0.1) is 0 Å². The van der Waals surface area contributed by atoms with E-state index in [1.165, 1.54) is 0 Å². The molecule has 0 heterocycles. The maximum absolute atomic E-state index is 9.86. The zero-order valence-electron chi connectivity index (χ0n) is 13.5. The molecule has 0 spiro atoms. The number of phenols is 1. The van der Waals surface area contributed by atoms with Gasteiger partial charge in [0.05, 0.1) is 18.0 Å². The third-order valence-electron chi connectivity index (χ3n) is 3.18. The van der Waals surface area contributed by atoms with Crippen molar-refractivity contribution in [3.05, 3.63) is 48.0 Å². The highest BCUT2D eigenvalue weighted by Crippen LogP contribution is 2.44. The standard InChI is InChI=1S/C16H21N2O4PS/c1-3-12-5-10-16(19)15(11-12)18-17-13-6-8-14(9-7-13)22-23(20,24)21-4-2/h5-11,17-19H,3-4H2,1-2H3,(H,20,24). The fourth-order valence-electron chi connectivity index (χ4n) is 1.96. The largest absolute Gasteiger partial charge is 0.506 e. The normalized spacial score (nSPS) is 13.1. The van der Waals surface area contributed by atoms with Crippen molar-refractivity contribution in [2.45, 2.75) is 20.3 Å². The molecule has 2 rings (SSSR count). The quantitative estimate of drug-likeness (QED) is 0.318. The molecule has 2 aromatic carbocycles. The number of hydrazine groups is 1. The first-order valence-electron chi connectivity index (χ1n) is 7.54. The molecule has 8 heteroatoms. The lowest BCUT2D eigenvalue weighted by Gasteiger charge is -2.16. The first-order chi connectivity index (χ1) is 11.4. The lowest BCUT2D eigenvalue weighted by molar-refractivity contribution is 0.271. The van der Waals surface area contributed by atoms with Crippen LogP contribution in [-0.2, 0) is 22.8 Å². The topological polar surface area (TPSA) is 83.0 Å². The Morgan fingerprint density at radius 1 is 1.08 bits per heavy atom. The Hall–Kier alpha value is -1.79. The van der Waals surface area contributed by atoms with E-state index in [0.717, 1.165) is 17.7 Å². The number of nitrogens with one attached hydrogen (secondary N) is 2. The van der Waals surface area contributed by atoms with E-state index in [9.17, 15) is 10.00 Å². The van der Waals surface area contributed by atoms with Gasteiger partial charge in [0, 0.05) is 11.8 Å². The molecule has 4 N–H and O–H groups in total. The zero-order valence-corrected chi connectivity index (χ0v) is 15.2. The van der Waals surface area contributed by atoms with Crippen LogP contribution in [0.2, 0.25) is 0 Å². The van der Waals surface area contributed by atoms with E-state index >= 15 is 0 Å². The van der Waals surface area contributed by atoms with Gasteiger partial charge in [-0.15, -0.1) is 0 Å². The number of phenolic OH excluding ortho intramolecular Hbond substituents is 1. The number of hydrogen-bond donors (Lipinski definition) is 4. The van der Waals surface area contributed by atoms with Gasteiger partial charge >= 0.3 is 6.72 Å². The second-order valence-electron chi connectivity index (χ2n) is 4.96. The summed E-state index contributed by atoms with van der Waals surface area (Å²) < 4.78 is 10.3. The molecule has 130 valence electrons. The van der Waals surface area contributed by atoms with Gasteiger partial charge in [-0.3, -0.25) is 9.95 Å². The molecule has 6 nitrogen and oxygen atoms in total. The van der Waals surface area contributed by atoms with Crippen LogP contribution in [0.3, 0.4) is 0 Å². The Balaban J connectivity index is 1.98. The summed E-state index contributed by atoms with van der Waals surface area (Å²) in [5.41, 5.74) is 8.42. The van der Waals surface area contributed by atoms with Crippen molar-refractivity contribution < 1.29 is 19.0 Å². The molecule has 0 saturated heterocycles. The molecule has 0 radical (unpaired) electrons. The Labute approximate surface area is 146 Å². The molecule has 0 amide bonds. The average Bonchev–Trinajstić information content (AvgIpc) is 2.55. The molecule has 0 aliphatic heterocycles. The molecule has 0 aromatic heterocycles. The van der Waals surface area contributed by atoms with E-state index in [-0.39, 0.29) is 12.4 Å². The van der Waals surface area contributed by atoms with Gasteiger partial charge in [0.1, 0.15) is 11.5 Å². The van der Waals surface area contributed by atoms with Crippen LogP contribution in [0.4, 0.5) is 11.4 Å². The molecule has 24 heavy (non-hydrogen) atoms. The van der Waals surface area contributed by atoms with Gasteiger partial charge in [-0.2, -0.15) is 0 Å². The summed E-state index contributed by atoms with van der Waals surface area (Å²) in [7, 11) is 0. The molecule has 1 unspecified atom stereocenters. The fraction of sp³-hybridized carbons (Fsp3) is 0.250. The van der Waals surface area contributed by atoms with E-state index in [1.807, 2.05) is 19.1 Å². The number of aryl methyl sites for hydroxylation is 1. The van der Waals surface area contributed by atoms with Crippen molar-refractivity contribution in [3.8, 4) is 11.5 Å². The summed E-state index contributed by atoms with van der Waals surface area (Å²) in [4.78, 5) is 9.79. The number of hydrogen-bond acceptors (Lipinski definition) is 6. The Bertz CT molecular complexity index is 725. The lowest BCUT2D eigenvalue weighted by Crippen LogP contribution is -2.09. The smallest absolute Gasteiger partial charge is 0.377 e. The second-order valence-corrected chi connectivity index (χ2v) is 7.72. The summed E-state index contributed by atoms with van der Waals surface area (Å²) in [5, 5.41) is 9.86. The minimum atomic E-state index is -3.24. The maximum Gasteiger partial charge on any atom is 0.377 e.